The Bertz CT molecular complexity index is 419. The van der Waals surface area contributed by atoms with E-state index in [1.807, 2.05) is 0 Å². The number of hydrogen-bond donors (Lipinski definition) is 2. The molecule has 0 saturated heterocycles. The van der Waals surface area contributed by atoms with Crippen LogP contribution in [0.1, 0.15) is 13.8 Å². The standard InChI is InChI=1S/C14H22N2O3/c1-10(2)8-15-9-14(17)16-11-5-6-12(18-3)13(7-11)19-4/h5-7,10,15H,8-9H2,1-4H3,(H,16,17). The van der Waals surface area contributed by atoms with Gasteiger partial charge in [-0.15, -0.1) is 0 Å². The summed E-state index contributed by atoms with van der Waals surface area (Å²) in [5.74, 6) is 1.68. The lowest BCUT2D eigenvalue weighted by atomic mass is 10.2. The lowest BCUT2D eigenvalue weighted by Gasteiger charge is -2.11. The molecule has 0 heterocycles. The predicted octanol–water partition coefficient (Wildman–Crippen LogP) is 1.89. The molecule has 106 valence electrons. The molecule has 0 bridgehead atoms. The van der Waals surface area contributed by atoms with E-state index in [-0.39, 0.29) is 5.91 Å². The number of benzene rings is 1. The number of methoxy groups -OCH3 is 2. The Morgan fingerprint density at radius 2 is 1.89 bits per heavy atom. The smallest absolute Gasteiger partial charge is 0.238 e. The zero-order valence-corrected chi connectivity index (χ0v) is 11.9. The van der Waals surface area contributed by atoms with Gasteiger partial charge in [-0.2, -0.15) is 0 Å². The number of carbonyl (C=O) groups is 1. The largest absolute Gasteiger partial charge is 0.493 e. The molecule has 0 aromatic heterocycles. The Morgan fingerprint density at radius 1 is 1.21 bits per heavy atom. The Hall–Kier alpha value is -1.75. The molecule has 0 aliphatic rings. The Labute approximate surface area is 114 Å². The highest BCUT2D eigenvalue weighted by Crippen LogP contribution is 2.29. The molecule has 2 N–H and O–H groups in total. The average Bonchev–Trinajstić information content (AvgIpc) is 2.38. The van der Waals surface area contributed by atoms with Gasteiger partial charge in [-0.05, 0) is 24.6 Å². The zero-order chi connectivity index (χ0) is 14.3. The second-order valence-electron chi connectivity index (χ2n) is 4.64. The average molecular weight is 266 g/mol. The molecule has 0 unspecified atom stereocenters. The molecule has 1 aromatic rings. The third-order valence-electron chi connectivity index (χ3n) is 2.51. The highest BCUT2D eigenvalue weighted by Gasteiger charge is 2.07. The van der Waals surface area contributed by atoms with Gasteiger partial charge in [0.05, 0.1) is 20.8 Å². The van der Waals surface area contributed by atoms with Crippen LogP contribution in [0.3, 0.4) is 0 Å². The normalized spacial score (nSPS) is 10.4. The van der Waals surface area contributed by atoms with Crippen LogP contribution in [0.15, 0.2) is 18.2 Å². The van der Waals surface area contributed by atoms with Gasteiger partial charge in [-0.3, -0.25) is 4.79 Å². The fourth-order valence-electron chi connectivity index (χ4n) is 1.59. The summed E-state index contributed by atoms with van der Waals surface area (Å²) in [5.41, 5.74) is 0.689. The minimum Gasteiger partial charge on any atom is -0.493 e. The Kier molecular flexibility index (Phi) is 6.15. The first-order chi connectivity index (χ1) is 9.06. The highest BCUT2D eigenvalue weighted by atomic mass is 16.5. The van der Waals surface area contributed by atoms with Crippen molar-refractivity contribution in [2.24, 2.45) is 5.92 Å². The van der Waals surface area contributed by atoms with Crippen molar-refractivity contribution in [1.82, 2.24) is 5.32 Å². The first-order valence-corrected chi connectivity index (χ1v) is 6.29. The summed E-state index contributed by atoms with van der Waals surface area (Å²) in [6, 6.07) is 5.27. The lowest BCUT2D eigenvalue weighted by molar-refractivity contribution is -0.115. The molecule has 1 aromatic carbocycles. The van der Waals surface area contributed by atoms with E-state index in [9.17, 15) is 4.79 Å². The van der Waals surface area contributed by atoms with Gasteiger partial charge in [0.25, 0.3) is 0 Å². The van der Waals surface area contributed by atoms with Crippen molar-refractivity contribution in [2.45, 2.75) is 13.8 Å². The van der Waals surface area contributed by atoms with Crippen LogP contribution in [0.4, 0.5) is 5.69 Å². The van der Waals surface area contributed by atoms with E-state index in [1.54, 1.807) is 32.4 Å². The molecular formula is C14H22N2O3. The van der Waals surface area contributed by atoms with Crippen LogP contribution >= 0.6 is 0 Å². The van der Waals surface area contributed by atoms with E-state index < -0.39 is 0 Å². The molecule has 1 rings (SSSR count). The highest BCUT2D eigenvalue weighted by molar-refractivity contribution is 5.92. The van der Waals surface area contributed by atoms with Crippen molar-refractivity contribution in [3.05, 3.63) is 18.2 Å². The summed E-state index contributed by atoms with van der Waals surface area (Å²) in [7, 11) is 3.14. The fourth-order valence-corrected chi connectivity index (χ4v) is 1.59. The van der Waals surface area contributed by atoms with E-state index in [4.69, 9.17) is 9.47 Å². The van der Waals surface area contributed by atoms with E-state index in [0.29, 0.717) is 29.6 Å². The van der Waals surface area contributed by atoms with Gasteiger partial charge in [0.2, 0.25) is 5.91 Å². The number of rotatable bonds is 7. The molecule has 0 fully saturated rings. The maximum atomic E-state index is 11.7. The van der Waals surface area contributed by atoms with Crippen molar-refractivity contribution in [1.29, 1.82) is 0 Å². The van der Waals surface area contributed by atoms with Crippen LogP contribution in [0.5, 0.6) is 11.5 Å². The molecular weight excluding hydrogens is 244 g/mol. The van der Waals surface area contributed by atoms with Crippen molar-refractivity contribution in [2.75, 3.05) is 32.6 Å². The molecule has 19 heavy (non-hydrogen) atoms. The lowest BCUT2D eigenvalue weighted by Crippen LogP contribution is -2.30. The van der Waals surface area contributed by atoms with Crippen LogP contribution in [-0.2, 0) is 4.79 Å². The molecule has 5 heteroatoms. The second-order valence-corrected chi connectivity index (χ2v) is 4.64. The number of anilines is 1. The van der Waals surface area contributed by atoms with Gasteiger partial charge in [0, 0.05) is 11.8 Å². The Balaban J connectivity index is 2.54. The van der Waals surface area contributed by atoms with E-state index in [0.717, 1.165) is 6.54 Å². The molecule has 0 spiro atoms. The summed E-state index contributed by atoms with van der Waals surface area (Å²) in [6.45, 7) is 5.31. The maximum Gasteiger partial charge on any atom is 0.238 e. The third-order valence-corrected chi connectivity index (χ3v) is 2.51. The van der Waals surface area contributed by atoms with Gasteiger partial charge in [0.1, 0.15) is 0 Å². The second kappa shape index (κ2) is 7.63. The van der Waals surface area contributed by atoms with Crippen molar-refractivity contribution in [3.8, 4) is 11.5 Å². The third kappa shape index (κ3) is 5.18. The van der Waals surface area contributed by atoms with Crippen LogP contribution < -0.4 is 20.1 Å². The van der Waals surface area contributed by atoms with Crippen molar-refractivity contribution in [3.63, 3.8) is 0 Å². The first-order valence-electron chi connectivity index (χ1n) is 6.29. The number of amides is 1. The molecule has 0 radical (unpaired) electrons. The quantitative estimate of drug-likeness (QED) is 0.791. The summed E-state index contributed by atoms with van der Waals surface area (Å²) < 4.78 is 10.3. The summed E-state index contributed by atoms with van der Waals surface area (Å²) in [6.07, 6.45) is 0. The number of nitrogens with one attached hydrogen (secondary N) is 2. The predicted molar refractivity (Wildman–Crippen MR) is 75.9 cm³/mol. The van der Waals surface area contributed by atoms with Crippen LogP contribution in [0.2, 0.25) is 0 Å². The van der Waals surface area contributed by atoms with Crippen molar-refractivity contribution < 1.29 is 14.3 Å². The van der Waals surface area contributed by atoms with E-state index >= 15 is 0 Å². The fraction of sp³-hybridized carbons (Fsp3) is 0.500. The summed E-state index contributed by atoms with van der Waals surface area (Å²) >= 11 is 0. The topological polar surface area (TPSA) is 59.6 Å². The summed E-state index contributed by atoms with van der Waals surface area (Å²) in [5, 5.41) is 5.89. The van der Waals surface area contributed by atoms with Crippen LogP contribution in [0.25, 0.3) is 0 Å². The molecule has 0 aliphatic carbocycles. The van der Waals surface area contributed by atoms with E-state index in [1.165, 1.54) is 0 Å². The van der Waals surface area contributed by atoms with E-state index in [2.05, 4.69) is 24.5 Å². The van der Waals surface area contributed by atoms with Crippen LogP contribution in [-0.4, -0.2) is 33.2 Å². The minimum atomic E-state index is -0.0760. The SMILES string of the molecule is COc1ccc(NC(=O)CNCC(C)C)cc1OC. The minimum absolute atomic E-state index is 0.0760. The summed E-state index contributed by atoms with van der Waals surface area (Å²) in [4.78, 5) is 11.7. The van der Waals surface area contributed by atoms with Gasteiger partial charge in [0.15, 0.2) is 11.5 Å². The van der Waals surface area contributed by atoms with Gasteiger partial charge >= 0.3 is 0 Å². The van der Waals surface area contributed by atoms with Crippen molar-refractivity contribution >= 4 is 11.6 Å². The van der Waals surface area contributed by atoms with Gasteiger partial charge in [-0.1, -0.05) is 13.8 Å². The Morgan fingerprint density at radius 3 is 2.47 bits per heavy atom. The molecule has 0 aliphatic heterocycles. The monoisotopic (exact) mass is 266 g/mol. The zero-order valence-electron chi connectivity index (χ0n) is 11.9. The number of carbonyl (C=O) groups excluding carboxylic acids is 1. The molecule has 0 atom stereocenters. The first kappa shape index (κ1) is 15.3. The maximum absolute atomic E-state index is 11.7. The number of ether oxygens (including phenoxy) is 2. The van der Waals surface area contributed by atoms with Gasteiger partial charge < -0.3 is 20.1 Å². The van der Waals surface area contributed by atoms with Gasteiger partial charge in [-0.25, -0.2) is 0 Å². The molecule has 0 saturated carbocycles. The molecule has 1 amide bonds. The molecule has 5 nitrogen and oxygen atoms in total. The van der Waals surface area contributed by atoms with Crippen LogP contribution in [0, 0.1) is 5.92 Å². The number of hydrogen-bond acceptors (Lipinski definition) is 4.